The molecular weight excluding hydrogens is 335 g/mol. The average molecular weight is 353 g/mol. The number of ether oxygens (including phenoxy) is 1. The number of nitrogens with two attached hydrogens (primary N) is 1. The van der Waals surface area contributed by atoms with Gasteiger partial charge in [0.05, 0.1) is 12.1 Å². The van der Waals surface area contributed by atoms with Gasteiger partial charge in [-0.25, -0.2) is 0 Å². The summed E-state index contributed by atoms with van der Waals surface area (Å²) < 4.78 is 44.9. The van der Waals surface area contributed by atoms with Crippen molar-refractivity contribution in [2.45, 2.75) is 18.6 Å². The lowest BCUT2D eigenvalue weighted by atomic mass is 10.1. The van der Waals surface area contributed by atoms with Crippen LogP contribution >= 0.6 is 0 Å². The number of halogens is 3. The molecule has 0 saturated heterocycles. The van der Waals surface area contributed by atoms with E-state index in [0.29, 0.717) is 24.5 Å². The quantitative estimate of drug-likeness (QED) is 0.801. The number of hydrogen-bond donors (Lipinski definition) is 2. The Hall–Kier alpha value is -2.61. The van der Waals surface area contributed by atoms with Gasteiger partial charge in [-0.3, -0.25) is 9.78 Å². The summed E-state index contributed by atoms with van der Waals surface area (Å²) in [5, 5.41) is 2.00. The van der Waals surface area contributed by atoms with Crippen LogP contribution in [0, 0.1) is 0 Å². The third-order valence-electron chi connectivity index (χ3n) is 3.29. The molecular formula is C17H18F3N3O2. The molecule has 0 radical (unpaired) electrons. The van der Waals surface area contributed by atoms with Crippen molar-refractivity contribution in [3.63, 3.8) is 0 Å². The Bertz CT molecular complexity index is 676. The number of hydrogen-bond acceptors (Lipinski definition) is 4. The van der Waals surface area contributed by atoms with E-state index in [4.69, 9.17) is 10.5 Å². The molecule has 0 bridgehead atoms. The monoisotopic (exact) mass is 353 g/mol. The van der Waals surface area contributed by atoms with E-state index in [-0.39, 0.29) is 12.1 Å². The Morgan fingerprint density at radius 2 is 1.92 bits per heavy atom. The maximum absolute atomic E-state index is 13.2. The topological polar surface area (TPSA) is 77.2 Å². The minimum atomic E-state index is -4.63. The average Bonchev–Trinajstić information content (AvgIpc) is 2.59. The summed E-state index contributed by atoms with van der Waals surface area (Å²) >= 11 is 0. The van der Waals surface area contributed by atoms with E-state index in [1.807, 2.05) is 5.32 Å². The van der Waals surface area contributed by atoms with Crippen LogP contribution in [0.3, 0.4) is 0 Å². The van der Waals surface area contributed by atoms with Crippen LogP contribution in [0.5, 0.6) is 5.75 Å². The minimum absolute atomic E-state index is 0.184. The molecule has 0 spiro atoms. The summed E-state index contributed by atoms with van der Waals surface area (Å²) in [6, 6.07) is 8.54. The number of benzene rings is 1. The molecule has 1 heterocycles. The highest BCUT2D eigenvalue weighted by molar-refractivity contribution is 5.79. The SMILES string of the molecule is NCCOc1ccc(CC(=O)N[C@H](c2ccccn2)C(F)(F)F)cc1. The van der Waals surface area contributed by atoms with Crippen molar-refractivity contribution in [1.82, 2.24) is 10.3 Å². The molecule has 0 aliphatic carbocycles. The highest BCUT2D eigenvalue weighted by Crippen LogP contribution is 2.31. The van der Waals surface area contributed by atoms with Crippen LogP contribution in [-0.2, 0) is 11.2 Å². The fourth-order valence-corrected chi connectivity index (χ4v) is 2.15. The second kappa shape index (κ2) is 8.48. The summed E-state index contributed by atoms with van der Waals surface area (Å²) in [7, 11) is 0. The van der Waals surface area contributed by atoms with Crippen LogP contribution in [0.4, 0.5) is 13.2 Å². The summed E-state index contributed by atoms with van der Waals surface area (Å²) in [5.41, 5.74) is 5.64. The molecule has 0 saturated carbocycles. The fourth-order valence-electron chi connectivity index (χ4n) is 2.15. The van der Waals surface area contributed by atoms with Crippen LogP contribution < -0.4 is 15.8 Å². The number of alkyl halides is 3. The third kappa shape index (κ3) is 5.75. The minimum Gasteiger partial charge on any atom is -0.492 e. The van der Waals surface area contributed by atoms with E-state index in [9.17, 15) is 18.0 Å². The second-order valence-electron chi connectivity index (χ2n) is 5.25. The molecule has 0 aliphatic heterocycles. The van der Waals surface area contributed by atoms with Gasteiger partial charge >= 0.3 is 6.18 Å². The zero-order valence-corrected chi connectivity index (χ0v) is 13.3. The van der Waals surface area contributed by atoms with Crippen LogP contribution in [0.1, 0.15) is 17.3 Å². The molecule has 1 aromatic carbocycles. The van der Waals surface area contributed by atoms with Crippen molar-refractivity contribution in [2.75, 3.05) is 13.2 Å². The first-order valence-electron chi connectivity index (χ1n) is 7.59. The number of rotatable bonds is 7. The number of nitrogens with one attached hydrogen (secondary N) is 1. The zero-order chi connectivity index (χ0) is 18.3. The maximum Gasteiger partial charge on any atom is 0.414 e. The summed E-state index contributed by atoms with van der Waals surface area (Å²) in [6.07, 6.45) is -3.57. The first-order valence-corrected chi connectivity index (χ1v) is 7.59. The number of pyridine rings is 1. The molecule has 134 valence electrons. The van der Waals surface area contributed by atoms with Gasteiger partial charge in [-0.05, 0) is 29.8 Å². The van der Waals surface area contributed by atoms with E-state index in [1.54, 1.807) is 24.3 Å². The van der Waals surface area contributed by atoms with E-state index in [0.717, 1.165) is 0 Å². The van der Waals surface area contributed by atoms with Gasteiger partial charge in [0, 0.05) is 12.7 Å². The Morgan fingerprint density at radius 1 is 1.20 bits per heavy atom. The number of amides is 1. The van der Waals surface area contributed by atoms with Crippen molar-refractivity contribution >= 4 is 5.91 Å². The lowest BCUT2D eigenvalue weighted by Crippen LogP contribution is -2.39. The van der Waals surface area contributed by atoms with Crippen molar-refractivity contribution in [1.29, 1.82) is 0 Å². The van der Waals surface area contributed by atoms with Gasteiger partial charge in [-0.2, -0.15) is 13.2 Å². The summed E-state index contributed by atoms with van der Waals surface area (Å²) in [5.74, 6) is -0.167. The van der Waals surface area contributed by atoms with Gasteiger partial charge < -0.3 is 15.8 Å². The molecule has 1 amide bonds. The van der Waals surface area contributed by atoms with Gasteiger partial charge in [-0.1, -0.05) is 18.2 Å². The molecule has 0 aliphatic rings. The Balaban J connectivity index is 2.02. The van der Waals surface area contributed by atoms with Crippen molar-refractivity contribution in [3.8, 4) is 5.75 Å². The highest BCUT2D eigenvalue weighted by Gasteiger charge is 2.42. The van der Waals surface area contributed by atoms with Gasteiger partial charge in [0.2, 0.25) is 5.91 Å². The lowest BCUT2D eigenvalue weighted by molar-refractivity contribution is -0.164. The van der Waals surface area contributed by atoms with Crippen LogP contribution in [0.2, 0.25) is 0 Å². The number of nitrogens with zero attached hydrogens (tertiary/aromatic N) is 1. The molecule has 3 N–H and O–H groups in total. The number of carbonyl (C=O) groups excluding carboxylic acids is 1. The normalized spacial score (nSPS) is 12.5. The Morgan fingerprint density at radius 3 is 2.48 bits per heavy atom. The molecule has 2 aromatic rings. The van der Waals surface area contributed by atoms with Crippen LogP contribution in [-0.4, -0.2) is 30.2 Å². The predicted molar refractivity (Wildman–Crippen MR) is 85.9 cm³/mol. The smallest absolute Gasteiger partial charge is 0.414 e. The second-order valence-corrected chi connectivity index (χ2v) is 5.25. The van der Waals surface area contributed by atoms with Crippen molar-refractivity contribution in [3.05, 3.63) is 59.9 Å². The maximum atomic E-state index is 13.2. The van der Waals surface area contributed by atoms with Crippen molar-refractivity contribution < 1.29 is 22.7 Å². The molecule has 1 atom stereocenters. The summed E-state index contributed by atoms with van der Waals surface area (Å²) in [4.78, 5) is 15.7. The van der Waals surface area contributed by atoms with Crippen molar-refractivity contribution in [2.24, 2.45) is 5.73 Å². The molecule has 25 heavy (non-hydrogen) atoms. The van der Waals surface area contributed by atoms with E-state index >= 15 is 0 Å². The highest BCUT2D eigenvalue weighted by atomic mass is 19.4. The van der Waals surface area contributed by atoms with Gasteiger partial charge in [-0.15, -0.1) is 0 Å². The standard InChI is InChI=1S/C17H18F3N3O2/c18-17(19,20)16(14-3-1-2-9-22-14)23-15(24)11-12-4-6-13(7-5-12)25-10-8-21/h1-7,9,16H,8,10-11,21H2,(H,23,24)/t16-/m1/s1. The van der Waals surface area contributed by atoms with E-state index in [2.05, 4.69) is 4.98 Å². The lowest BCUT2D eigenvalue weighted by Gasteiger charge is -2.21. The number of carbonyl (C=O) groups is 1. The molecule has 0 unspecified atom stereocenters. The number of aromatic nitrogens is 1. The van der Waals surface area contributed by atoms with Crippen LogP contribution in [0.25, 0.3) is 0 Å². The third-order valence-corrected chi connectivity index (χ3v) is 3.29. The fraction of sp³-hybridized carbons (Fsp3) is 0.294. The largest absolute Gasteiger partial charge is 0.492 e. The molecule has 5 nitrogen and oxygen atoms in total. The van der Waals surface area contributed by atoms with Crippen LogP contribution in [0.15, 0.2) is 48.7 Å². The van der Waals surface area contributed by atoms with Gasteiger partial charge in [0.1, 0.15) is 12.4 Å². The molecule has 8 heteroatoms. The van der Waals surface area contributed by atoms with Gasteiger partial charge in [0.15, 0.2) is 6.04 Å². The first kappa shape index (κ1) is 18.7. The van der Waals surface area contributed by atoms with Gasteiger partial charge in [0.25, 0.3) is 0 Å². The van der Waals surface area contributed by atoms with E-state index in [1.165, 1.54) is 24.4 Å². The molecule has 2 rings (SSSR count). The molecule has 1 aromatic heterocycles. The zero-order valence-electron chi connectivity index (χ0n) is 13.3. The predicted octanol–water partition coefficient (Wildman–Crippen LogP) is 2.38. The molecule has 0 fully saturated rings. The Labute approximate surface area is 143 Å². The van der Waals surface area contributed by atoms with E-state index < -0.39 is 18.1 Å². The first-order chi connectivity index (χ1) is 11.9. The Kier molecular flexibility index (Phi) is 6.35. The summed E-state index contributed by atoms with van der Waals surface area (Å²) in [6.45, 7) is 0.730.